The molecule has 0 spiro atoms. The fourth-order valence-corrected chi connectivity index (χ4v) is 4.99. The Kier molecular flexibility index (Phi) is 10.1. The number of aliphatic carboxylic acids is 1. The lowest BCUT2D eigenvalue weighted by Crippen LogP contribution is -2.47. The lowest BCUT2D eigenvalue weighted by molar-refractivity contribution is -0.192. The Bertz CT molecular complexity index is 898. The average Bonchev–Trinajstić information content (AvgIpc) is 2.69. The normalized spacial score (nSPS) is 14.8. The first kappa shape index (κ1) is 27.9. The number of aryl methyl sites for hydroxylation is 2. The quantitative estimate of drug-likeness (QED) is 0.645. The summed E-state index contributed by atoms with van der Waals surface area (Å²) in [6, 6.07) is 5.23. The highest BCUT2D eigenvalue weighted by atomic mass is 32.2. The van der Waals surface area contributed by atoms with Gasteiger partial charge in [-0.3, -0.25) is 4.79 Å². The van der Waals surface area contributed by atoms with Crippen molar-refractivity contribution in [1.82, 2.24) is 14.5 Å². The van der Waals surface area contributed by atoms with Crippen LogP contribution in [0.2, 0.25) is 0 Å². The SMILES string of the molecule is Cc1ccc(C)c(S(=O)(=O)N(CCC(=O)N2CCNCC2)C(C)C)c1.O=C(O)C(F)(F)F. The van der Waals surface area contributed by atoms with E-state index >= 15 is 0 Å². The maximum absolute atomic E-state index is 13.1. The number of carbonyl (C=O) groups is 2. The molecule has 1 heterocycles. The molecule has 1 amide bonds. The van der Waals surface area contributed by atoms with Gasteiger partial charge < -0.3 is 15.3 Å². The number of sulfonamides is 1. The summed E-state index contributed by atoms with van der Waals surface area (Å²) in [5.41, 5.74) is 1.63. The molecule has 0 aromatic heterocycles. The van der Waals surface area contributed by atoms with Gasteiger partial charge in [0.05, 0.1) is 4.90 Å². The molecule has 1 aliphatic heterocycles. The zero-order valence-electron chi connectivity index (χ0n) is 18.6. The molecule has 0 bridgehead atoms. The van der Waals surface area contributed by atoms with Crippen LogP contribution in [0.4, 0.5) is 13.2 Å². The summed E-state index contributed by atoms with van der Waals surface area (Å²) in [5.74, 6) is -2.74. The third kappa shape index (κ3) is 8.06. The van der Waals surface area contributed by atoms with Gasteiger partial charge in [0.2, 0.25) is 15.9 Å². The van der Waals surface area contributed by atoms with Crippen LogP contribution in [0.5, 0.6) is 0 Å². The van der Waals surface area contributed by atoms with Gasteiger partial charge in [-0.25, -0.2) is 13.2 Å². The number of carbonyl (C=O) groups excluding carboxylic acids is 1. The van der Waals surface area contributed by atoms with Crippen LogP contribution in [0, 0.1) is 13.8 Å². The Balaban J connectivity index is 0.000000633. The molecule has 2 N–H and O–H groups in total. The Labute approximate surface area is 186 Å². The van der Waals surface area contributed by atoms with Gasteiger partial charge in [0.1, 0.15) is 0 Å². The number of carboxylic acid groups (broad SMARTS) is 1. The van der Waals surface area contributed by atoms with Crippen LogP contribution in [0.3, 0.4) is 0 Å². The van der Waals surface area contributed by atoms with E-state index in [1.165, 1.54) is 4.31 Å². The standard InChI is InChI=1S/C18H29N3O3S.C2HF3O2/c1-14(2)21(10-7-18(22)20-11-8-19-9-12-20)25(23,24)17-13-15(3)5-6-16(17)4;3-2(4,5)1(6)7/h5-6,13-14,19H,7-12H2,1-4H3;(H,6,7). The van der Waals surface area contributed by atoms with Gasteiger partial charge >= 0.3 is 12.1 Å². The predicted octanol–water partition coefficient (Wildman–Crippen LogP) is 2.16. The Hall–Kier alpha value is -2.18. The van der Waals surface area contributed by atoms with Crippen LogP contribution in [-0.4, -0.2) is 79.5 Å². The van der Waals surface area contributed by atoms with Crippen LogP contribution in [0.15, 0.2) is 23.1 Å². The number of nitrogens with one attached hydrogen (secondary N) is 1. The van der Waals surface area contributed by atoms with Crippen LogP contribution in [0.25, 0.3) is 0 Å². The molecule has 0 saturated carbocycles. The van der Waals surface area contributed by atoms with Gasteiger partial charge in [-0.2, -0.15) is 17.5 Å². The van der Waals surface area contributed by atoms with E-state index in [-0.39, 0.29) is 24.9 Å². The molecule has 8 nitrogen and oxygen atoms in total. The van der Waals surface area contributed by atoms with Crippen molar-refractivity contribution in [3.8, 4) is 0 Å². The minimum atomic E-state index is -5.08. The third-order valence-corrected chi connectivity index (χ3v) is 6.98. The van der Waals surface area contributed by atoms with Crippen molar-refractivity contribution in [2.24, 2.45) is 0 Å². The molecule has 1 fully saturated rings. The predicted molar refractivity (Wildman–Crippen MR) is 113 cm³/mol. The Morgan fingerprint density at radius 2 is 1.72 bits per heavy atom. The van der Waals surface area contributed by atoms with Crippen molar-refractivity contribution in [3.05, 3.63) is 29.3 Å². The number of amides is 1. The van der Waals surface area contributed by atoms with E-state index in [0.29, 0.717) is 18.0 Å². The molecular formula is C20H30F3N3O5S. The summed E-state index contributed by atoms with van der Waals surface area (Å²) in [6.07, 6.45) is -4.87. The highest BCUT2D eigenvalue weighted by molar-refractivity contribution is 7.89. The van der Waals surface area contributed by atoms with Crippen LogP contribution >= 0.6 is 0 Å². The van der Waals surface area contributed by atoms with E-state index in [9.17, 15) is 26.4 Å². The highest BCUT2D eigenvalue weighted by Gasteiger charge is 2.38. The molecule has 1 aliphatic rings. The second kappa shape index (κ2) is 11.6. The minimum Gasteiger partial charge on any atom is -0.475 e. The van der Waals surface area contributed by atoms with Crippen molar-refractivity contribution in [1.29, 1.82) is 0 Å². The van der Waals surface area contributed by atoms with Gasteiger partial charge in [0.15, 0.2) is 0 Å². The van der Waals surface area contributed by atoms with Crippen molar-refractivity contribution in [2.75, 3.05) is 32.7 Å². The molecule has 1 aromatic rings. The number of hydrogen-bond donors (Lipinski definition) is 2. The van der Waals surface area contributed by atoms with E-state index in [4.69, 9.17) is 9.90 Å². The van der Waals surface area contributed by atoms with Gasteiger partial charge in [0, 0.05) is 45.2 Å². The molecule has 0 atom stereocenters. The maximum atomic E-state index is 13.1. The zero-order chi connectivity index (χ0) is 24.7. The average molecular weight is 482 g/mol. The first-order chi connectivity index (χ1) is 14.7. The van der Waals surface area contributed by atoms with Crippen molar-refractivity contribution < 1.29 is 36.3 Å². The number of piperazine rings is 1. The summed E-state index contributed by atoms with van der Waals surface area (Å²) in [4.78, 5) is 23.4. The summed E-state index contributed by atoms with van der Waals surface area (Å²) in [5, 5.41) is 10.3. The molecule has 32 heavy (non-hydrogen) atoms. The fraction of sp³-hybridized carbons (Fsp3) is 0.600. The molecule has 1 saturated heterocycles. The molecule has 1 aromatic carbocycles. The topological polar surface area (TPSA) is 107 Å². The fourth-order valence-electron chi connectivity index (χ4n) is 3.05. The summed E-state index contributed by atoms with van der Waals surface area (Å²) >= 11 is 0. The number of alkyl halides is 3. The van der Waals surface area contributed by atoms with E-state index in [0.717, 1.165) is 24.2 Å². The smallest absolute Gasteiger partial charge is 0.475 e. The number of halogens is 3. The second-order valence-electron chi connectivity index (χ2n) is 7.66. The molecule has 0 unspecified atom stereocenters. The molecule has 12 heteroatoms. The van der Waals surface area contributed by atoms with E-state index in [1.807, 2.05) is 32.9 Å². The van der Waals surface area contributed by atoms with Crippen LogP contribution < -0.4 is 5.32 Å². The third-order valence-electron chi connectivity index (χ3n) is 4.76. The number of hydrogen-bond acceptors (Lipinski definition) is 5. The van der Waals surface area contributed by atoms with Crippen LogP contribution in [-0.2, 0) is 19.6 Å². The van der Waals surface area contributed by atoms with Gasteiger partial charge in [-0.1, -0.05) is 12.1 Å². The van der Waals surface area contributed by atoms with E-state index in [1.54, 1.807) is 17.9 Å². The Morgan fingerprint density at radius 1 is 1.19 bits per heavy atom. The molecule has 0 aliphatic carbocycles. The molecular weight excluding hydrogens is 451 g/mol. The van der Waals surface area contributed by atoms with Gasteiger partial charge in [-0.05, 0) is 44.9 Å². The lowest BCUT2D eigenvalue weighted by Gasteiger charge is -2.30. The maximum Gasteiger partial charge on any atom is 0.490 e. The van der Waals surface area contributed by atoms with Crippen molar-refractivity contribution >= 4 is 21.9 Å². The first-order valence-electron chi connectivity index (χ1n) is 10.1. The first-order valence-corrected chi connectivity index (χ1v) is 11.5. The monoisotopic (exact) mass is 481 g/mol. The lowest BCUT2D eigenvalue weighted by atomic mass is 10.2. The molecule has 0 radical (unpaired) electrons. The summed E-state index contributed by atoms with van der Waals surface area (Å²) < 4.78 is 59.4. The second-order valence-corrected chi connectivity index (χ2v) is 9.52. The largest absolute Gasteiger partial charge is 0.490 e. The molecule has 2 rings (SSSR count). The van der Waals surface area contributed by atoms with Crippen molar-refractivity contribution in [2.45, 2.75) is 51.2 Å². The van der Waals surface area contributed by atoms with Gasteiger partial charge in [-0.15, -0.1) is 0 Å². The zero-order valence-corrected chi connectivity index (χ0v) is 19.4. The number of rotatable bonds is 6. The van der Waals surface area contributed by atoms with E-state index < -0.39 is 22.2 Å². The van der Waals surface area contributed by atoms with Crippen LogP contribution in [0.1, 0.15) is 31.4 Å². The number of carboxylic acids is 1. The van der Waals surface area contributed by atoms with E-state index in [2.05, 4.69) is 5.32 Å². The highest BCUT2D eigenvalue weighted by Crippen LogP contribution is 2.23. The Morgan fingerprint density at radius 3 is 2.19 bits per heavy atom. The number of benzene rings is 1. The van der Waals surface area contributed by atoms with Crippen molar-refractivity contribution in [3.63, 3.8) is 0 Å². The summed E-state index contributed by atoms with van der Waals surface area (Å²) in [7, 11) is -3.63. The molecule has 182 valence electrons. The minimum absolute atomic E-state index is 0.0170. The summed E-state index contributed by atoms with van der Waals surface area (Å²) in [6.45, 7) is 10.5. The van der Waals surface area contributed by atoms with Gasteiger partial charge in [0.25, 0.3) is 0 Å². The number of nitrogens with zero attached hydrogens (tertiary/aromatic N) is 2.